The molecule has 3 aliphatic heterocycles. The molecule has 0 aromatic rings. The molecule has 0 aliphatic carbocycles. The highest BCUT2D eigenvalue weighted by molar-refractivity contribution is 7.99. The Morgan fingerprint density at radius 3 is 2.73 bits per heavy atom. The number of likely N-dealkylation sites (tertiary alicyclic amines) is 1. The molecule has 0 saturated carbocycles. The number of nitrogens with zero attached hydrogens (tertiary/aromatic N) is 2. The normalized spacial score (nSPS) is 30.4. The molecule has 0 spiro atoms. The molecule has 0 bridgehead atoms. The number of carbonyl (C=O) groups excluding carboxylic acids is 1. The Bertz CT molecular complexity index is 360. The molecule has 2 atom stereocenters. The Morgan fingerprint density at radius 2 is 2.09 bits per heavy atom. The van der Waals surface area contributed by atoms with Crippen LogP contribution < -0.4 is 0 Å². The van der Waals surface area contributed by atoms with E-state index in [2.05, 4.69) is 16.7 Å². The minimum atomic E-state index is 0.335. The summed E-state index contributed by atoms with van der Waals surface area (Å²) in [6, 6.07) is 0.571. The van der Waals surface area contributed by atoms with Gasteiger partial charge in [-0.1, -0.05) is 6.92 Å². The fourth-order valence-corrected chi connectivity index (χ4v) is 4.99. The molecule has 0 aromatic carbocycles. The van der Waals surface area contributed by atoms with Gasteiger partial charge in [0.2, 0.25) is 5.91 Å². The van der Waals surface area contributed by atoms with E-state index in [0.717, 1.165) is 51.4 Å². The van der Waals surface area contributed by atoms with Crippen LogP contribution in [0.25, 0.3) is 0 Å². The van der Waals surface area contributed by atoms with Gasteiger partial charge in [0.05, 0.1) is 12.6 Å². The molecule has 22 heavy (non-hydrogen) atoms. The van der Waals surface area contributed by atoms with Crippen molar-refractivity contribution >= 4 is 17.7 Å². The maximum Gasteiger partial charge on any atom is 0.236 e. The van der Waals surface area contributed by atoms with Crippen molar-refractivity contribution in [1.29, 1.82) is 0 Å². The number of hydrogen-bond acceptors (Lipinski definition) is 4. The fourth-order valence-electron chi connectivity index (χ4n) is 3.73. The summed E-state index contributed by atoms with van der Waals surface area (Å²) in [5.74, 6) is 3.53. The molecule has 3 saturated heterocycles. The molecule has 3 rings (SSSR count). The minimum Gasteiger partial charge on any atom is -0.377 e. The number of ether oxygens (including phenoxy) is 1. The maximum absolute atomic E-state index is 12.7. The van der Waals surface area contributed by atoms with Crippen LogP contribution in [0, 0.1) is 5.92 Å². The highest BCUT2D eigenvalue weighted by Gasteiger charge is 2.30. The van der Waals surface area contributed by atoms with Crippen LogP contribution in [0.5, 0.6) is 0 Å². The summed E-state index contributed by atoms with van der Waals surface area (Å²) in [5.41, 5.74) is 0. The van der Waals surface area contributed by atoms with Gasteiger partial charge >= 0.3 is 0 Å². The van der Waals surface area contributed by atoms with E-state index in [1.807, 2.05) is 11.8 Å². The zero-order chi connectivity index (χ0) is 15.4. The lowest BCUT2D eigenvalue weighted by Gasteiger charge is -2.35. The zero-order valence-electron chi connectivity index (χ0n) is 13.8. The molecular weight excluding hydrogens is 296 g/mol. The van der Waals surface area contributed by atoms with E-state index >= 15 is 0 Å². The van der Waals surface area contributed by atoms with Crippen molar-refractivity contribution in [3.05, 3.63) is 0 Å². The highest BCUT2D eigenvalue weighted by atomic mass is 32.2. The number of amides is 1. The molecule has 0 unspecified atom stereocenters. The second-order valence-electron chi connectivity index (χ2n) is 7.15. The summed E-state index contributed by atoms with van der Waals surface area (Å²) >= 11 is 2.02. The van der Waals surface area contributed by atoms with Gasteiger partial charge in [-0.2, -0.15) is 11.8 Å². The van der Waals surface area contributed by atoms with Crippen LogP contribution in [-0.2, 0) is 9.53 Å². The predicted molar refractivity (Wildman–Crippen MR) is 91.3 cm³/mol. The van der Waals surface area contributed by atoms with Gasteiger partial charge in [0, 0.05) is 38.0 Å². The van der Waals surface area contributed by atoms with Crippen molar-refractivity contribution < 1.29 is 9.53 Å². The van der Waals surface area contributed by atoms with E-state index < -0.39 is 0 Å². The third kappa shape index (κ3) is 4.39. The van der Waals surface area contributed by atoms with Crippen molar-refractivity contribution in [2.24, 2.45) is 5.92 Å². The standard InChI is InChI=1S/C17H30N2O2S/c1-14-4-7-18(8-5-14)17(20)12-19(15-6-10-22-13-15)11-16-3-2-9-21-16/h14-16H,2-13H2,1H3/t15-,16-/m0/s1. The molecule has 0 N–H and O–H groups in total. The summed E-state index contributed by atoms with van der Waals surface area (Å²) in [4.78, 5) is 17.2. The molecule has 5 heteroatoms. The summed E-state index contributed by atoms with van der Waals surface area (Å²) in [6.45, 7) is 6.64. The Labute approximate surface area is 138 Å². The second kappa shape index (κ2) is 8.02. The largest absolute Gasteiger partial charge is 0.377 e. The third-order valence-electron chi connectivity index (χ3n) is 5.36. The van der Waals surface area contributed by atoms with Gasteiger partial charge < -0.3 is 9.64 Å². The number of rotatable bonds is 5. The van der Waals surface area contributed by atoms with E-state index in [1.165, 1.54) is 24.3 Å². The van der Waals surface area contributed by atoms with Crippen LogP contribution >= 0.6 is 11.8 Å². The zero-order valence-corrected chi connectivity index (χ0v) is 14.7. The number of piperidine rings is 1. The lowest BCUT2D eigenvalue weighted by molar-refractivity contribution is -0.134. The Hall–Kier alpha value is -0.260. The van der Waals surface area contributed by atoms with Gasteiger partial charge in [0.25, 0.3) is 0 Å². The first-order valence-corrected chi connectivity index (χ1v) is 10.1. The van der Waals surface area contributed by atoms with Crippen molar-refractivity contribution in [2.75, 3.05) is 44.3 Å². The maximum atomic E-state index is 12.7. The summed E-state index contributed by atoms with van der Waals surface area (Å²) < 4.78 is 5.81. The number of thioether (sulfide) groups is 1. The van der Waals surface area contributed by atoms with Crippen LogP contribution in [0.4, 0.5) is 0 Å². The topological polar surface area (TPSA) is 32.8 Å². The average molecular weight is 327 g/mol. The van der Waals surface area contributed by atoms with Gasteiger partial charge in [-0.3, -0.25) is 9.69 Å². The molecule has 0 radical (unpaired) electrons. The SMILES string of the molecule is CC1CCN(C(=O)CN(C[C@@H]2CCCO2)[C@H]2CCSC2)CC1. The predicted octanol–water partition coefficient (Wildman–Crippen LogP) is 2.23. The molecule has 4 nitrogen and oxygen atoms in total. The van der Waals surface area contributed by atoms with Crippen LogP contribution in [0.1, 0.15) is 39.0 Å². The molecular formula is C17H30N2O2S. The van der Waals surface area contributed by atoms with Crippen LogP contribution in [-0.4, -0.2) is 72.1 Å². The molecule has 3 fully saturated rings. The second-order valence-corrected chi connectivity index (χ2v) is 8.30. The van der Waals surface area contributed by atoms with E-state index in [0.29, 0.717) is 24.6 Å². The summed E-state index contributed by atoms with van der Waals surface area (Å²) in [6.07, 6.45) is 6.23. The molecule has 3 heterocycles. The highest BCUT2D eigenvalue weighted by Crippen LogP contribution is 2.25. The first kappa shape index (κ1) is 16.6. The number of carbonyl (C=O) groups is 1. The Morgan fingerprint density at radius 1 is 1.27 bits per heavy atom. The third-order valence-corrected chi connectivity index (χ3v) is 6.50. The lowest BCUT2D eigenvalue weighted by Crippen LogP contribution is -2.49. The quantitative estimate of drug-likeness (QED) is 0.776. The number of hydrogen-bond donors (Lipinski definition) is 0. The Kier molecular flexibility index (Phi) is 6.05. The van der Waals surface area contributed by atoms with Crippen molar-refractivity contribution in [3.63, 3.8) is 0 Å². The smallest absolute Gasteiger partial charge is 0.236 e. The van der Waals surface area contributed by atoms with Crippen LogP contribution in [0.15, 0.2) is 0 Å². The van der Waals surface area contributed by atoms with Crippen molar-refractivity contribution in [2.45, 2.75) is 51.2 Å². The van der Waals surface area contributed by atoms with E-state index in [9.17, 15) is 4.79 Å². The summed E-state index contributed by atoms with van der Waals surface area (Å²) in [5, 5.41) is 0. The van der Waals surface area contributed by atoms with Gasteiger partial charge in [0.1, 0.15) is 0 Å². The van der Waals surface area contributed by atoms with Crippen molar-refractivity contribution in [1.82, 2.24) is 9.80 Å². The van der Waals surface area contributed by atoms with Crippen LogP contribution in [0.2, 0.25) is 0 Å². The minimum absolute atomic E-state index is 0.335. The van der Waals surface area contributed by atoms with Gasteiger partial charge in [-0.15, -0.1) is 0 Å². The Balaban J connectivity index is 1.54. The van der Waals surface area contributed by atoms with Crippen LogP contribution in [0.3, 0.4) is 0 Å². The summed E-state index contributed by atoms with van der Waals surface area (Å²) in [7, 11) is 0. The van der Waals surface area contributed by atoms with E-state index in [-0.39, 0.29) is 0 Å². The molecule has 126 valence electrons. The molecule has 3 aliphatic rings. The van der Waals surface area contributed by atoms with Gasteiger partial charge in [0.15, 0.2) is 0 Å². The first-order valence-electron chi connectivity index (χ1n) is 8.93. The molecule has 1 amide bonds. The monoisotopic (exact) mass is 326 g/mol. The van der Waals surface area contributed by atoms with Gasteiger partial charge in [-0.25, -0.2) is 0 Å². The van der Waals surface area contributed by atoms with Crippen molar-refractivity contribution in [3.8, 4) is 0 Å². The average Bonchev–Trinajstić information content (AvgIpc) is 3.20. The lowest BCUT2D eigenvalue weighted by atomic mass is 9.99. The molecule has 0 aromatic heterocycles. The van der Waals surface area contributed by atoms with E-state index in [4.69, 9.17) is 4.74 Å². The fraction of sp³-hybridized carbons (Fsp3) is 0.941. The first-order chi connectivity index (χ1) is 10.7. The van der Waals surface area contributed by atoms with E-state index in [1.54, 1.807) is 0 Å². The van der Waals surface area contributed by atoms with Gasteiger partial charge in [-0.05, 0) is 43.8 Å².